The van der Waals surface area contributed by atoms with E-state index >= 15 is 0 Å². The van der Waals surface area contributed by atoms with Crippen LogP contribution < -0.4 is 10.6 Å². The number of halogens is 4. The number of nitrogens with one attached hydrogen (secondary N) is 2. The molecular formula is C22H30Cl2F2N2. The maximum Gasteiger partial charge on any atom is 0.127 e. The Bertz CT molecular complexity index is 632. The quantitative estimate of drug-likeness (QED) is 0.577. The van der Waals surface area contributed by atoms with Crippen LogP contribution in [0.1, 0.15) is 36.8 Å². The van der Waals surface area contributed by atoms with Crippen molar-refractivity contribution in [2.45, 2.75) is 38.8 Å². The van der Waals surface area contributed by atoms with Crippen LogP contribution in [0.2, 0.25) is 0 Å². The van der Waals surface area contributed by atoms with Gasteiger partial charge in [0.25, 0.3) is 0 Å². The SMILES string of the molecule is Cl.Cl.Fc1ccccc1CNCC1CCC(CNCc2ccccc2F)CC1. The third kappa shape index (κ3) is 7.67. The van der Waals surface area contributed by atoms with E-state index in [1.807, 2.05) is 24.3 Å². The Morgan fingerprint density at radius 2 is 1.00 bits per heavy atom. The van der Waals surface area contributed by atoms with Crippen molar-refractivity contribution in [2.75, 3.05) is 13.1 Å². The molecule has 1 saturated carbocycles. The highest BCUT2D eigenvalue weighted by Crippen LogP contribution is 2.28. The van der Waals surface area contributed by atoms with E-state index in [1.54, 1.807) is 12.1 Å². The van der Waals surface area contributed by atoms with Crippen molar-refractivity contribution in [2.24, 2.45) is 11.8 Å². The molecule has 0 aliphatic heterocycles. The summed E-state index contributed by atoms with van der Waals surface area (Å²) >= 11 is 0. The van der Waals surface area contributed by atoms with E-state index in [0.29, 0.717) is 24.9 Å². The van der Waals surface area contributed by atoms with E-state index in [4.69, 9.17) is 0 Å². The molecule has 3 rings (SSSR count). The minimum atomic E-state index is -0.135. The van der Waals surface area contributed by atoms with Gasteiger partial charge in [-0.1, -0.05) is 36.4 Å². The lowest BCUT2D eigenvalue weighted by Gasteiger charge is -2.29. The van der Waals surface area contributed by atoms with Crippen LogP contribution in [0.4, 0.5) is 8.78 Å². The zero-order valence-corrected chi connectivity index (χ0v) is 17.6. The van der Waals surface area contributed by atoms with Crippen LogP contribution in [-0.4, -0.2) is 13.1 Å². The molecule has 0 amide bonds. The third-order valence-electron chi connectivity index (χ3n) is 5.38. The highest BCUT2D eigenvalue weighted by Gasteiger charge is 2.20. The largest absolute Gasteiger partial charge is 0.312 e. The van der Waals surface area contributed by atoms with Gasteiger partial charge in [0.05, 0.1) is 0 Å². The number of hydrogen-bond donors (Lipinski definition) is 2. The fourth-order valence-electron chi connectivity index (χ4n) is 3.75. The van der Waals surface area contributed by atoms with Crippen molar-refractivity contribution in [3.8, 4) is 0 Å². The Morgan fingerprint density at radius 3 is 1.36 bits per heavy atom. The molecule has 0 spiro atoms. The average Bonchev–Trinajstić information content (AvgIpc) is 2.66. The van der Waals surface area contributed by atoms with Gasteiger partial charge in [0.1, 0.15) is 11.6 Å². The first-order valence-electron chi connectivity index (χ1n) is 9.60. The van der Waals surface area contributed by atoms with Gasteiger partial charge in [0.2, 0.25) is 0 Å². The van der Waals surface area contributed by atoms with Gasteiger partial charge in [-0.05, 0) is 62.7 Å². The Hall–Kier alpha value is -1.20. The van der Waals surface area contributed by atoms with Gasteiger partial charge in [-0.15, -0.1) is 24.8 Å². The van der Waals surface area contributed by atoms with Crippen molar-refractivity contribution >= 4 is 24.8 Å². The maximum absolute atomic E-state index is 13.6. The number of rotatable bonds is 8. The van der Waals surface area contributed by atoms with Crippen LogP contribution in [0.5, 0.6) is 0 Å². The summed E-state index contributed by atoms with van der Waals surface area (Å²) in [6, 6.07) is 13.9. The molecule has 1 aliphatic rings. The predicted octanol–water partition coefficient (Wildman–Crippen LogP) is 5.49. The molecule has 0 radical (unpaired) electrons. The molecule has 2 nitrogen and oxygen atoms in total. The lowest BCUT2D eigenvalue weighted by atomic mass is 9.82. The first kappa shape index (κ1) is 24.8. The van der Waals surface area contributed by atoms with Crippen LogP contribution in [0.15, 0.2) is 48.5 Å². The number of benzene rings is 2. The van der Waals surface area contributed by atoms with Gasteiger partial charge < -0.3 is 10.6 Å². The van der Waals surface area contributed by atoms with E-state index in [1.165, 1.54) is 37.8 Å². The summed E-state index contributed by atoms with van der Waals surface area (Å²) < 4.78 is 27.2. The summed E-state index contributed by atoms with van der Waals surface area (Å²) in [5.41, 5.74) is 1.47. The van der Waals surface area contributed by atoms with Gasteiger partial charge in [-0.25, -0.2) is 8.78 Å². The van der Waals surface area contributed by atoms with E-state index in [0.717, 1.165) is 24.2 Å². The summed E-state index contributed by atoms with van der Waals surface area (Å²) in [5.74, 6) is 1.07. The van der Waals surface area contributed by atoms with Crippen LogP contribution in [0.3, 0.4) is 0 Å². The van der Waals surface area contributed by atoms with Crippen LogP contribution in [-0.2, 0) is 13.1 Å². The normalized spacial score (nSPS) is 18.8. The highest BCUT2D eigenvalue weighted by molar-refractivity contribution is 5.85. The zero-order valence-electron chi connectivity index (χ0n) is 16.0. The first-order valence-corrected chi connectivity index (χ1v) is 9.60. The van der Waals surface area contributed by atoms with Gasteiger partial charge >= 0.3 is 0 Å². The molecule has 1 aliphatic carbocycles. The molecule has 0 atom stereocenters. The van der Waals surface area contributed by atoms with E-state index < -0.39 is 0 Å². The van der Waals surface area contributed by atoms with E-state index in [9.17, 15) is 8.78 Å². The molecule has 2 N–H and O–H groups in total. The standard InChI is InChI=1S/C22H28F2N2.2ClH/c23-21-7-3-1-5-19(21)15-25-13-17-9-11-18(12-10-17)14-26-16-20-6-2-4-8-22(20)24;;/h1-8,17-18,25-26H,9-16H2;2*1H. The smallest absolute Gasteiger partial charge is 0.127 e. The molecule has 156 valence electrons. The van der Waals surface area contributed by atoms with Gasteiger partial charge in [0.15, 0.2) is 0 Å². The van der Waals surface area contributed by atoms with Crippen LogP contribution in [0.25, 0.3) is 0 Å². The third-order valence-corrected chi connectivity index (χ3v) is 5.38. The Balaban J connectivity index is 0.00000196. The second-order valence-corrected chi connectivity index (χ2v) is 7.33. The Labute approximate surface area is 179 Å². The summed E-state index contributed by atoms with van der Waals surface area (Å²) in [4.78, 5) is 0. The second-order valence-electron chi connectivity index (χ2n) is 7.33. The minimum absolute atomic E-state index is 0. The van der Waals surface area contributed by atoms with Crippen molar-refractivity contribution in [3.63, 3.8) is 0 Å². The van der Waals surface area contributed by atoms with Gasteiger partial charge in [-0.3, -0.25) is 0 Å². The topological polar surface area (TPSA) is 24.1 Å². The molecule has 1 fully saturated rings. The fourth-order valence-corrected chi connectivity index (χ4v) is 3.75. The molecule has 2 aromatic carbocycles. The summed E-state index contributed by atoms with van der Waals surface area (Å²) in [6.45, 7) is 3.08. The fraction of sp³-hybridized carbons (Fsp3) is 0.455. The number of hydrogen-bond acceptors (Lipinski definition) is 2. The van der Waals surface area contributed by atoms with Gasteiger partial charge in [0, 0.05) is 24.2 Å². The lowest BCUT2D eigenvalue weighted by Crippen LogP contribution is -2.30. The summed E-state index contributed by atoms with van der Waals surface area (Å²) in [6.07, 6.45) is 4.82. The molecule has 0 bridgehead atoms. The molecule has 0 unspecified atom stereocenters. The molecule has 0 aromatic heterocycles. The van der Waals surface area contributed by atoms with Crippen molar-refractivity contribution < 1.29 is 8.78 Å². The monoisotopic (exact) mass is 430 g/mol. The van der Waals surface area contributed by atoms with Crippen molar-refractivity contribution in [1.29, 1.82) is 0 Å². The van der Waals surface area contributed by atoms with E-state index in [-0.39, 0.29) is 36.4 Å². The highest BCUT2D eigenvalue weighted by atomic mass is 35.5. The first-order chi connectivity index (χ1) is 12.7. The van der Waals surface area contributed by atoms with Crippen LogP contribution in [0, 0.1) is 23.5 Å². The molecule has 2 aromatic rings. The minimum Gasteiger partial charge on any atom is -0.312 e. The van der Waals surface area contributed by atoms with Crippen molar-refractivity contribution in [1.82, 2.24) is 10.6 Å². The molecule has 0 saturated heterocycles. The van der Waals surface area contributed by atoms with Crippen molar-refractivity contribution in [3.05, 3.63) is 71.3 Å². The molecule has 0 heterocycles. The molecule has 28 heavy (non-hydrogen) atoms. The second kappa shape index (κ2) is 13.1. The predicted molar refractivity (Wildman–Crippen MR) is 116 cm³/mol. The molecule has 6 heteroatoms. The Kier molecular flexibility index (Phi) is 11.6. The lowest BCUT2D eigenvalue weighted by molar-refractivity contribution is 0.260. The summed E-state index contributed by atoms with van der Waals surface area (Å²) in [5, 5.41) is 6.80. The zero-order chi connectivity index (χ0) is 18.2. The van der Waals surface area contributed by atoms with Gasteiger partial charge in [-0.2, -0.15) is 0 Å². The Morgan fingerprint density at radius 1 is 0.643 bits per heavy atom. The van der Waals surface area contributed by atoms with Crippen LogP contribution >= 0.6 is 24.8 Å². The average molecular weight is 431 g/mol. The van der Waals surface area contributed by atoms with E-state index in [2.05, 4.69) is 10.6 Å². The maximum atomic E-state index is 13.6. The summed E-state index contributed by atoms with van der Waals surface area (Å²) in [7, 11) is 0. The molecular weight excluding hydrogens is 401 g/mol.